The van der Waals surface area contributed by atoms with Crippen LogP contribution in [0.15, 0.2) is 18.3 Å². The normalized spacial score (nSPS) is 16.4. The number of nitrogens with zero attached hydrogens (tertiary/aromatic N) is 2. The van der Waals surface area contributed by atoms with Crippen LogP contribution in [0.25, 0.3) is 0 Å². The van der Waals surface area contributed by atoms with E-state index in [9.17, 15) is 9.59 Å². The number of carboxylic acids is 1. The van der Waals surface area contributed by atoms with Crippen molar-refractivity contribution in [2.24, 2.45) is 11.8 Å². The summed E-state index contributed by atoms with van der Waals surface area (Å²) in [4.78, 5) is 29.0. The first-order valence-corrected chi connectivity index (χ1v) is 6.97. The van der Waals surface area contributed by atoms with Crippen LogP contribution in [0.5, 0.6) is 0 Å². The van der Waals surface area contributed by atoms with Gasteiger partial charge in [0.15, 0.2) is 0 Å². The SMILES string of the molecule is CC(C)C1CCN(C(=O)c2cc(C(=O)O)ccn2)CC1. The molecule has 0 bridgehead atoms. The summed E-state index contributed by atoms with van der Waals surface area (Å²) < 4.78 is 0. The summed E-state index contributed by atoms with van der Waals surface area (Å²) in [5.74, 6) is 0.0911. The summed E-state index contributed by atoms with van der Waals surface area (Å²) >= 11 is 0. The van der Waals surface area contributed by atoms with Crippen LogP contribution in [0.1, 0.15) is 47.5 Å². The van der Waals surface area contributed by atoms with E-state index in [2.05, 4.69) is 18.8 Å². The van der Waals surface area contributed by atoms with Crippen molar-refractivity contribution in [2.45, 2.75) is 26.7 Å². The molecule has 108 valence electrons. The van der Waals surface area contributed by atoms with Gasteiger partial charge in [-0.2, -0.15) is 0 Å². The standard InChI is InChI=1S/C15H20N2O3/c1-10(2)11-4-7-17(8-5-11)14(18)13-9-12(15(19)20)3-6-16-13/h3,6,9-11H,4-5,7-8H2,1-2H3,(H,19,20). The lowest BCUT2D eigenvalue weighted by Crippen LogP contribution is -2.39. The van der Waals surface area contributed by atoms with Gasteiger partial charge >= 0.3 is 5.97 Å². The Balaban J connectivity index is 2.05. The van der Waals surface area contributed by atoms with Crippen LogP contribution >= 0.6 is 0 Å². The Kier molecular flexibility index (Phi) is 4.37. The van der Waals surface area contributed by atoms with Gasteiger partial charge in [-0.15, -0.1) is 0 Å². The van der Waals surface area contributed by atoms with E-state index in [0.717, 1.165) is 25.9 Å². The zero-order valence-corrected chi connectivity index (χ0v) is 11.9. The minimum absolute atomic E-state index is 0.0976. The van der Waals surface area contributed by atoms with Crippen molar-refractivity contribution in [1.82, 2.24) is 9.88 Å². The molecule has 0 aromatic carbocycles. The molecule has 20 heavy (non-hydrogen) atoms. The van der Waals surface area contributed by atoms with Crippen LogP contribution < -0.4 is 0 Å². The molecule has 0 spiro atoms. The number of hydrogen-bond acceptors (Lipinski definition) is 3. The highest BCUT2D eigenvalue weighted by Crippen LogP contribution is 2.25. The Bertz CT molecular complexity index is 506. The second kappa shape index (κ2) is 6.03. The lowest BCUT2D eigenvalue weighted by Gasteiger charge is -2.33. The predicted molar refractivity (Wildman–Crippen MR) is 74.7 cm³/mol. The third kappa shape index (κ3) is 3.15. The average Bonchev–Trinajstić information content (AvgIpc) is 2.46. The number of aromatic carboxylic acids is 1. The number of pyridine rings is 1. The topological polar surface area (TPSA) is 70.5 Å². The molecule has 5 nitrogen and oxygen atoms in total. The van der Waals surface area contributed by atoms with Crippen LogP contribution in [-0.4, -0.2) is 40.0 Å². The number of likely N-dealkylation sites (tertiary alicyclic amines) is 1. The van der Waals surface area contributed by atoms with Crippen LogP contribution in [0.2, 0.25) is 0 Å². The minimum atomic E-state index is -1.04. The number of carboxylic acid groups (broad SMARTS) is 1. The molecule has 0 radical (unpaired) electrons. The van der Waals surface area contributed by atoms with Crippen LogP contribution in [0.3, 0.4) is 0 Å². The Morgan fingerprint density at radius 3 is 2.55 bits per heavy atom. The lowest BCUT2D eigenvalue weighted by molar-refractivity contribution is 0.0661. The van der Waals surface area contributed by atoms with Crippen LogP contribution in [-0.2, 0) is 0 Å². The first-order chi connectivity index (χ1) is 9.49. The van der Waals surface area contributed by atoms with E-state index in [1.165, 1.54) is 18.3 Å². The van der Waals surface area contributed by atoms with E-state index in [-0.39, 0.29) is 17.2 Å². The minimum Gasteiger partial charge on any atom is -0.478 e. The van der Waals surface area contributed by atoms with E-state index < -0.39 is 5.97 Å². The van der Waals surface area contributed by atoms with Gasteiger partial charge in [0.05, 0.1) is 5.56 Å². The molecule has 1 aliphatic heterocycles. The van der Waals surface area contributed by atoms with Gasteiger partial charge in [-0.05, 0) is 36.8 Å². The molecule has 1 amide bonds. The molecule has 0 saturated carbocycles. The molecule has 2 rings (SSSR count). The first-order valence-electron chi connectivity index (χ1n) is 6.97. The van der Waals surface area contributed by atoms with Crippen LogP contribution in [0.4, 0.5) is 0 Å². The molecule has 2 heterocycles. The fourth-order valence-corrected chi connectivity index (χ4v) is 2.61. The van der Waals surface area contributed by atoms with E-state index in [1.807, 2.05) is 0 Å². The Labute approximate surface area is 118 Å². The molecule has 1 aromatic rings. The molecule has 1 fully saturated rings. The van der Waals surface area contributed by atoms with Gasteiger partial charge < -0.3 is 10.0 Å². The summed E-state index contributed by atoms with van der Waals surface area (Å²) in [6.07, 6.45) is 3.38. The Morgan fingerprint density at radius 1 is 1.35 bits per heavy atom. The van der Waals surface area contributed by atoms with Gasteiger partial charge in [0, 0.05) is 19.3 Å². The molecule has 0 unspecified atom stereocenters. The van der Waals surface area contributed by atoms with E-state index in [4.69, 9.17) is 5.11 Å². The second-order valence-electron chi connectivity index (χ2n) is 5.61. The van der Waals surface area contributed by atoms with Crippen molar-refractivity contribution in [3.8, 4) is 0 Å². The third-order valence-electron chi connectivity index (χ3n) is 4.00. The average molecular weight is 276 g/mol. The molecular formula is C15H20N2O3. The summed E-state index contributed by atoms with van der Waals surface area (Å²) in [6, 6.07) is 2.74. The fourth-order valence-electron chi connectivity index (χ4n) is 2.61. The third-order valence-corrected chi connectivity index (χ3v) is 4.00. The molecule has 0 aliphatic carbocycles. The largest absolute Gasteiger partial charge is 0.478 e. The van der Waals surface area contributed by atoms with Crippen molar-refractivity contribution < 1.29 is 14.7 Å². The van der Waals surface area contributed by atoms with Crippen molar-refractivity contribution in [3.05, 3.63) is 29.6 Å². The molecule has 0 atom stereocenters. The molecular weight excluding hydrogens is 256 g/mol. The maximum Gasteiger partial charge on any atom is 0.335 e. The highest BCUT2D eigenvalue weighted by molar-refractivity contribution is 5.95. The number of carbonyl (C=O) groups excluding carboxylic acids is 1. The van der Waals surface area contributed by atoms with E-state index >= 15 is 0 Å². The quantitative estimate of drug-likeness (QED) is 0.919. The molecule has 1 saturated heterocycles. The number of amides is 1. The highest BCUT2D eigenvalue weighted by atomic mass is 16.4. The summed E-state index contributed by atoms with van der Waals surface area (Å²) in [7, 11) is 0. The number of rotatable bonds is 3. The van der Waals surface area contributed by atoms with Crippen molar-refractivity contribution >= 4 is 11.9 Å². The number of piperidine rings is 1. The van der Waals surface area contributed by atoms with Gasteiger partial charge in [-0.25, -0.2) is 4.79 Å². The van der Waals surface area contributed by atoms with Gasteiger partial charge in [-0.1, -0.05) is 13.8 Å². The number of hydrogen-bond donors (Lipinski definition) is 1. The highest BCUT2D eigenvalue weighted by Gasteiger charge is 2.26. The zero-order chi connectivity index (χ0) is 14.7. The van der Waals surface area contributed by atoms with Crippen molar-refractivity contribution in [2.75, 3.05) is 13.1 Å². The lowest BCUT2D eigenvalue weighted by atomic mass is 9.86. The Morgan fingerprint density at radius 2 is 2.00 bits per heavy atom. The number of carbonyl (C=O) groups is 2. The summed E-state index contributed by atoms with van der Waals surface area (Å²) in [5, 5.41) is 8.94. The molecule has 1 aliphatic rings. The smallest absolute Gasteiger partial charge is 0.335 e. The summed E-state index contributed by atoms with van der Waals surface area (Å²) in [5.41, 5.74) is 0.313. The first kappa shape index (κ1) is 14.5. The van der Waals surface area contributed by atoms with E-state index in [0.29, 0.717) is 11.8 Å². The van der Waals surface area contributed by atoms with Crippen molar-refractivity contribution in [3.63, 3.8) is 0 Å². The number of aromatic nitrogens is 1. The maximum atomic E-state index is 12.3. The van der Waals surface area contributed by atoms with Gasteiger partial charge in [0.1, 0.15) is 5.69 Å². The Hall–Kier alpha value is -1.91. The fraction of sp³-hybridized carbons (Fsp3) is 0.533. The summed E-state index contributed by atoms with van der Waals surface area (Å²) in [6.45, 7) is 5.86. The molecule has 1 N–H and O–H groups in total. The molecule has 5 heteroatoms. The second-order valence-corrected chi connectivity index (χ2v) is 5.61. The molecule has 1 aromatic heterocycles. The van der Waals surface area contributed by atoms with Crippen molar-refractivity contribution in [1.29, 1.82) is 0 Å². The van der Waals surface area contributed by atoms with Gasteiger partial charge in [0.25, 0.3) is 5.91 Å². The predicted octanol–water partition coefficient (Wildman–Crippen LogP) is 2.29. The van der Waals surface area contributed by atoms with Crippen LogP contribution in [0, 0.1) is 11.8 Å². The van der Waals surface area contributed by atoms with E-state index in [1.54, 1.807) is 4.90 Å². The monoisotopic (exact) mass is 276 g/mol. The van der Waals surface area contributed by atoms with Gasteiger partial charge in [0.2, 0.25) is 0 Å². The maximum absolute atomic E-state index is 12.3. The zero-order valence-electron chi connectivity index (χ0n) is 11.9. The van der Waals surface area contributed by atoms with Gasteiger partial charge in [-0.3, -0.25) is 9.78 Å².